The van der Waals surface area contributed by atoms with E-state index in [1.807, 2.05) is 10.9 Å². The van der Waals surface area contributed by atoms with Crippen LogP contribution in [0.4, 0.5) is 10.6 Å². The van der Waals surface area contributed by atoms with Gasteiger partial charge in [0.2, 0.25) is 5.91 Å². The fourth-order valence-electron chi connectivity index (χ4n) is 4.54. The maximum atomic E-state index is 12.5. The number of amides is 3. The summed E-state index contributed by atoms with van der Waals surface area (Å²) in [6, 6.07) is 1.21. The van der Waals surface area contributed by atoms with Crippen LogP contribution in [0.25, 0.3) is 11.1 Å². The third-order valence-electron chi connectivity index (χ3n) is 5.98. The number of aromatic nitrogens is 3. The number of hydrogen-bond acceptors (Lipinski definition) is 4. The van der Waals surface area contributed by atoms with Crippen molar-refractivity contribution < 1.29 is 9.59 Å². The van der Waals surface area contributed by atoms with Crippen molar-refractivity contribution in [1.82, 2.24) is 25.4 Å². The first-order valence-electron chi connectivity index (χ1n) is 10.3. The number of carbonyl (C=O) groups excluding carboxylic acids is 2. The third kappa shape index (κ3) is 4.01. The standard InChI is InChI=1S/C21H27ClN6O2/c1-21(2)8-17-14(9-25-28(17)11-21)13-7-18(24-10-15(13)22)27-20(30)26-16-6-4-5-12(16)19(29)23-3/h7,9-10,12,16H,4-6,8,11H2,1-3H3,(H,23,29)(H2,24,26,27,30)/t12-,16-/m0/s1. The molecule has 1 fully saturated rings. The lowest BCUT2D eigenvalue weighted by Gasteiger charge is -2.20. The number of pyridine rings is 1. The summed E-state index contributed by atoms with van der Waals surface area (Å²) in [7, 11) is 1.62. The summed E-state index contributed by atoms with van der Waals surface area (Å²) >= 11 is 6.43. The van der Waals surface area contributed by atoms with Gasteiger partial charge in [0.15, 0.2) is 0 Å². The van der Waals surface area contributed by atoms with Gasteiger partial charge in [0.05, 0.1) is 17.1 Å². The van der Waals surface area contributed by atoms with Crippen molar-refractivity contribution in [2.75, 3.05) is 12.4 Å². The minimum atomic E-state index is -0.377. The third-order valence-corrected chi connectivity index (χ3v) is 6.28. The summed E-state index contributed by atoms with van der Waals surface area (Å²) in [6.45, 7) is 5.30. The van der Waals surface area contributed by atoms with Crippen LogP contribution in [-0.2, 0) is 17.8 Å². The first-order chi connectivity index (χ1) is 14.3. The molecule has 4 rings (SSSR count). The van der Waals surface area contributed by atoms with E-state index in [9.17, 15) is 9.59 Å². The fraction of sp³-hybridized carbons (Fsp3) is 0.524. The van der Waals surface area contributed by atoms with Crippen molar-refractivity contribution in [3.63, 3.8) is 0 Å². The lowest BCUT2D eigenvalue weighted by molar-refractivity contribution is -0.124. The molecule has 1 aliphatic carbocycles. The van der Waals surface area contributed by atoms with Gasteiger partial charge in [0.25, 0.3) is 0 Å². The van der Waals surface area contributed by atoms with Crippen molar-refractivity contribution in [3.05, 3.63) is 29.2 Å². The van der Waals surface area contributed by atoms with Gasteiger partial charge in [-0.1, -0.05) is 31.9 Å². The van der Waals surface area contributed by atoms with Gasteiger partial charge < -0.3 is 10.6 Å². The summed E-state index contributed by atoms with van der Waals surface area (Å²) in [5, 5.41) is 13.4. The number of nitrogens with zero attached hydrogens (tertiary/aromatic N) is 3. The highest BCUT2D eigenvalue weighted by atomic mass is 35.5. The number of halogens is 1. The SMILES string of the molecule is CNC(=O)[C@H]1CCC[C@@H]1NC(=O)Nc1cc(-c2cnn3c2CC(C)(C)C3)c(Cl)cn1. The Kier molecular flexibility index (Phi) is 5.44. The molecule has 0 radical (unpaired) electrons. The van der Waals surface area contributed by atoms with E-state index in [0.29, 0.717) is 10.8 Å². The number of fused-ring (bicyclic) bond motifs is 1. The largest absolute Gasteiger partial charge is 0.359 e. The molecule has 0 bridgehead atoms. The van der Waals surface area contributed by atoms with Crippen LogP contribution in [0, 0.1) is 11.3 Å². The van der Waals surface area contributed by atoms with E-state index >= 15 is 0 Å². The van der Waals surface area contributed by atoms with E-state index < -0.39 is 0 Å². The van der Waals surface area contributed by atoms with E-state index in [4.69, 9.17) is 11.6 Å². The van der Waals surface area contributed by atoms with E-state index in [1.165, 1.54) is 0 Å². The van der Waals surface area contributed by atoms with Crippen LogP contribution in [0.15, 0.2) is 18.5 Å². The van der Waals surface area contributed by atoms with E-state index in [2.05, 4.69) is 39.9 Å². The molecule has 3 heterocycles. The van der Waals surface area contributed by atoms with Crippen molar-refractivity contribution >= 4 is 29.4 Å². The van der Waals surface area contributed by atoms with Gasteiger partial charge in [0, 0.05) is 42.7 Å². The molecule has 0 saturated heterocycles. The number of carbonyl (C=O) groups is 2. The number of rotatable bonds is 4. The number of urea groups is 1. The van der Waals surface area contributed by atoms with Gasteiger partial charge in [-0.2, -0.15) is 5.10 Å². The quantitative estimate of drug-likeness (QED) is 0.693. The van der Waals surface area contributed by atoms with Crippen molar-refractivity contribution in [2.24, 2.45) is 11.3 Å². The Morgan fingerprint density at radius 1 is 1.23 bits per heavy atom. The second-order valence-corrected chi connectivity index (χ2v) is 9.32. The van der Waals surface area contributed by atoms with Gasteiger partial charge in [-0.05, 0) is 30.7 Å². The Hall–Kier alpha value is -2.61. The highest BCUT2D eigenvalue weighted by molar-refractivity contribution is 6.33. The average molecular weight is 431 g/mol. The maximum absolute atomic E-state index is 12.5. The second-order valence-electron chi connectivity index (χ2n) is 8.91. The zero-order chi connectivity index (χ0) is 21.5. The zero-order valence-electron chi connectivity index (χ0n) is 17.5. The molecule has 30 heavy (non-hydrogen) atoms. The molecular formula is C21H27ClN6O2. The topological polar surface area (TPSA) is 101 Å². The minimum Gasteiger partial charge on any atom is -0.359 e. The van der Waals surface area contributed by atoms with Gasteiger partial charge in [0.1, 0.15) is 5.82 Å². The molecule has 8 nitrogen and oxygen atoms in total. The molecule has 3 N–H and O–H groups in total. The summed E-state index contributed by atoms with van der Waals surface area (Å²) < 4.78 is 2.02. The molecule has 9 heteroatoms. The fourth-order valence-corrected chi connectivity index (χ4v) is 4.74. The van der Waals surface area contributed by atoms with Crippen LogP contribution in [0.5, 0.6) is 0 Å². The van der Waals surface area contributed by atoms with Crippen LogP contribution in [0.1, 0.15) is 38.8 Å². The lowest BCUT2D eigenvalue weighted by atomic mass is 9.89. The molecule has 160 valence electrons. The Morgan fingerprint density at radius 2 is 2.03 bits per heavy atom. The van der Waals surface area contributed by atoms with E-state index in [1.54, 1.807) is 19.3 Å². The molecule has 3 amide bonds. The molecule has 1 saturated carbocycles. The molecule has 0 spiro atoms. The van der Waals surface area contributed by atoms with Crippen LogP contribution in [0.3, 0.4) is 0 Å². The molecular weight excluding hydrogens is 404 g/mol. The molecule has 2 aromatic heterocycles. The summed E-state index contributed by atoms with van der Waals surface area (Å²) in [6.07, 6.45) is 6.74. The first-order valence-corrected chi connectivity index (χ1v) is 10.6. The van der Waals surface area contributed by atoms with Gasteiger partial charge in [-0.25, -0.2) is 9.78 Å². The highest BCUT2D eigenvalue weighted by Crippen LogP contribution is 2.39. The van der Waals surface area contributed by atoms with Gasteiger partial charge >= 0.3 is 6.03 Å². The average Bonchev–Trinajstić information content (AvgIpc) is 3.36. The Labute approximate surface area is 180 Å². The zero-order valence-corrected chi connectivity index (χ0v) is 18.2. The second kappa shape index (κ2) is 7.91. The normalized spacial score (nSPS) is 21.9. The number of nitrogens with one attached hydrogen (secondary N) is 3. The Bertz CT molecular complexity index is 986. The van der Waals surface area contributed by atoms with Crippen molar-refractivity contribution in [2.45, 2.75) is 52.1 Å². The molecule has 2 aromatic rings. The smallest absolute Gasteiger partial charge is 0.320 e. The predicted molar refractivity (Wildman–Crippen MR) is 115 cm³/mol. The summed E-state index contributed by atoms with van der Waals surface area (Å²) in [5.74, 6) is 0.161. The lowest BCUT2D eigenvalue weighted by Crippen LogP contribution is -2.44. The highest BCUT2D eigenvalue weighted by Gasteiger charge is 2.34. The summed E-state index contributed by atoms with van der Waals surface area (Å²) in [4.78, 5) is 28.8. The first kappa shape index (κ1) is 20.7. The molecule has 1 aliphatic heterocycles. The Balaban J connectivity index is 1.50. The van der Waals surface area contributed by atoms with Crippen molar-refractivity contribution in [1.29, 1.82) is 0 Å². The Morgan fingerprint density at radius 3 is 2.80 bits per heavy atom. The van der Waals surface area contributed by atoms with Gasteiger partial charge in [-0.15, -0.1) is 0 Å². The number of anilines is 1. The maximum Gasteiger partial charge on any atom is 0.320 e. The minimum absolute atomic E-state index is 0.0392. The van der Waals surface area contributed by atoms with Crippen LogP contribution in [-0.4, -0.2) is 39.8 Å². The van der Waals surface area contributed by atoms with Gasteiger partial charge in [-0.3, -0.25) is 14.8 Å². The molecule has 0 aromatic carbocycles. The van der Waals surface area contributed by atoms with E-state index in [0.717, 1.165) is 49.0 Å². The van der Waals surface area contributed by atoms with Crippen molar-refractivity contribution in [3.8, 4) is 11.1 Å². The molecule has 2 atom stereocenters. The predicted octanol–water partition coefficient (Wildman–Crippen LogP) is 3.22. The van der Waals surface area contributed by atoms with Crippen LogP contribution >= 0.6 is 11.6 Å². The number of hydrogen-bond donors (Lipinski definition) is 3. The van der Waals surface area contributed by atoms with Crippen LogP contribution in [0.2, 0.25) is 5.02 Å². The van der Waals surface area contributed by atoms with E-state index in [-0.39, 0.29) is 29.3 Å². The van der Waals surface area contributed by atoms with Crippen LogP contribution < -0.4 is 16.0 Å². The molecule has 0 unspecified atom stereocenters. The monoisotopic (exact) mass is 430 g/mol. The summed E-state index contributed by atoms with van der Waals surface area (Å²) in [5.41, 5.74) is 3.06. The molecule has 2 aliphatic rings.